The molecule has 1 aliphatic rings. The molecule has 0 unspecified atom stereocenters. The highest BCUT2D eigenvalue weighted by Crippen LogP contribution is 2.46. The Labute approximate surface area is 124 Å². The van der Waals surface area contributed by atoms with E-state index in [4.69, 9.17) is 5.73 Å². The number of nitrogens with one attached hydrogen (secondary N) is 2. The lowest BCUT2D eigenvalue weighted by Gasteiger charge is -2.40. The van der Waals surface area contributed by atoms with Gasteiger partial charge in [-0.3, -0.25) is 5.32 Å². The SMILES string of the molecule is NCCC[C@@]1(C(F)(F)F)NCCc2c1[nH]c1ccc(F)cc21. The number of halogens is 4. The molecule has 1 atom stereocenters. The first-order valence-corrected chi connectivity index (χ1v) is 7.21. The molecule has 0 radical (unpaired) electrons. The van der Waals surface area contributed by atoms with E-state index >= 15 is 0 Å². The van der Waals surface area contributed by atoms with Crippen molar-refractivity contribution in [2.24, 2.45) is 5.73 Å². The van der Waals surface area contributed by atoms with E-state index in [0.29, 0.717) is 22.9 Å². The molecule has 3 rings (SSSR count). The maximum Gasteiger partial charge on any atom is 0.412 e. The fraction of sp³-hybridized carbons (Fsp3) is 0.467. The maximum absolute atomic E-state index is 13.8. The van der Waals surface area contributed by atoms with Gasteiger partial charge in [-0.25, -0.2) is 4.39 Å². The van der Waals surface area contributed by atoms with E-state index < -0.39 is 17.5 Å². The van der Waals surface area contributed by atoms with Crippen LogP contribution in [0.25, 0.3) is 10.9 Å². The van der Waals surface area contributed by atoms with Crippen molar-refractivity contribution in [3.8, 4) is 0 Å². The topological polar surface area (TPSA) is 53.8 Å². The molecule has 1 aromatic carbocycles. The maximum atomic E-state index is 13.8. The lowest BCUT2D eigenvalue weighted by Crippen LogP contribution is -2.57. The molecule has 22 heavy (non-hydrogen) atoms. The third-order valence-corrected chi connectivity index (χ3v) is 4.34. The molecular weight excluding hydrogens is 298 g/mol. The first kappa shape index (κ1) is 15.3. The van der Waals surface area contributed by atoms with Crippen LogP contribution in [0.3, 0.4) is 0 Å². The summed E-state index contributed by atoms with van der Waals surface area (Å²) in [6.45, 7) is 0.379. The Morgan fingerprint density at radius 1 is 1.27 bits per heavy atom. The highest BCUT2D eigenvalue weighted by atomic mass is 19.4. The van der Waals surface area contributed by atoms with Crippen LogP contribution in [-0.4, -0.2) is 24.2 Å². The lowest BCUT2D eigenvalue weighted by atomic mass is 9.82. The van der Waals surface area contributed by atoms with Gasteiger partial charge in [0, 0.05) is 23.1 Å². The van der Waals surface area contributed by atoms with E-state index in [1.54, 1.807) is 0 Å². The molecule has 0 fully saturated rings. The van der Waals surface area contributed by atoms with E-state index in [2.05, 4.69) is 10.3 Å². The second-order valence-corrected chi connectivity index (χ2v) is 5.64. The van der Waals surface area contributed by atoms with Crippen LogP contribution in [0.1, 0.15) is 24.1 Å². The van der Waals surface area contributed by atoms with Gasteiger partial charge in [0.2, 0.25) is 0 Å². The monoisotopic (exact) mass is 315 g/mol. The van der Waals surface area contributed by atoms with E-state index in [1.807, 2.05) is 0 Å². The van der Waals surface area contributed by atoms with Crippen molar-refractivity contribution in [1.82, 2.24) is 10.3 Å². The number of hydrogen-bond donors (Lipinski definition) is 3. The summed E-state index contributed by atoms with van der Waals surface area (Å²) >= 11 is 0. The summed E-state index contributed by atoms with van der Waals surface area (Å²) in [7, 11) is 0. The third-order valence-electron chi connectivity index (χ3n) is 4.34. The van der Waals surface area contributed by atoms with Gasteiger partial charge in [0.05, 0.1) is 0 Å². The van der Waals surface area contributed by atoms with Gasteiger partial charge < -0.3 is 10.7 Å². The molecule has 1 aromatic heterocycles. The zero-order chi connectivity index (χ0) is 16.0. The molecule has 0 spiro atoms. The molecule has 0 saturated carbocycles. The first-order chi connectivity index (χ1) is 10.4. The van der Waals surface area contributed by atoms with E-state index in [1.165, 1.54) is 18.2 Å². The highest BCUT2D eigenvalue weighted by molar-refractivity contribution is 5.85. The molecule has 0 saturated heterocycles. The number of aromatic amines is 1. The number of alkyl halides is 3. The summed E-state index contributed by atoms with van der Waals surface area (Å²) in [5.41, 5.74) is 4.43. The summed E-state index contributed by atoms with van der Waals surface area (Å²) in [4.78, 5) is 2.86. The average molecular weight is 315 g/mol. The molecule has 2 aromatic rings. The summed E-state index contributed by atoms with van der Waals surface area (Å²) in [5, 5.41) is 3.16. The Kier molecular flexibility index (Phi) is 3.65. The van der Waals surface area contributed by atoms with Gasteiger partial charge in [0.15, 0.2) is 5.54 Å². The minimum absolute atomic E-state index is 0.0975. The summed E-state index contributed by atoms with van der Waals surface area (Å²) in [5.74, 6) is -0.451. The van der Waals surface area contributed by atoms with Crippen molar-refractivity contribution < 1.29 is 17.6 Å². The molecule has 7 heteroatoms. The fourth-order valence-corrected chi connectivity index (χ4v) is 3.30. The van der Waals surface area contributed by atoms with Crippen LogP contribution in [0.15, 0.2) is 18.2 Å². The molecular formula is C15H17F4N3. The van der Waals surface area contributed by atoms with Crippen LogP contribution in [0.4, 0.5) is 17.6 Å². The van der Waals surface area contributed by atoms with Gasteiger partial charge >= 0.3 is 6.18 Å². The number of aromatic nitrogens is 1. The fourth-order valence-electron chi connectivity index (χ4n) is 3.30. The minimum Gasteiger partial charge on any atom is -0.356 e. The van der Waals surface area contributed by atoms with Crippen molar-refractivity contribution in [3.63, 3.8) is 0 Å². The normalized spacial score (nSPS) is 22.0. The van der Waals surface area contributed by atoms with Crippen LogP contribution in [0.5, 0.6) is 0 Å². The molecule has 120 valence electrons. The van der Waals surface area contributed by atoms with Crippen molar-refractivity contribution in [3.05, 3.63) is 35.3 Å². The minimum atomic E-state index is -4.46. The Morgan fingerprint density at radius 2 is 2.05 bits per heavy atom. The summed E-state index contributed by atoms with van der Waals surface area (Å²) in [6.07, 6.45) is -3.93. The van der Waals surface area contributed by atoms with Gasteiger partial charge in [0.1, 0.15) is 5.82 Å². The molecule has 0 bridgehead atoms. The van der Waals surface area contributed by atoms with Crippen LogP contribution < -0.4 is 11.1 Å². The van der Waals surface area contributed by atoms with Gasteiger partial charge in [-0.15, -0.1) is 0 Å². The Hall–Kier alpha value is -1.60. The number of hydrogen-bond acceptors (Lipinski definition) is 2. The largest absolute Gasteiger partial charge is 0.412 e. The van der Waals surface area contributed by atoms with Crippen molar-refractivity contribution in [1.29, 1.82) is 0 Å². The molecule has 1 aliphatic heterocycles. The highest BCUT2D eigenvalue weighted by Gasteiger charge is 2.58. The van der Waals surface area contributed by atoms with E-state index in [9.17, 15) is 17.6 Å². The predicted molar refractivity (Wildman–Crippen MR) is 76.0 cm³/mol. The first-order valence-electron chi connectivity index (χ1n) is 7.21. The zero-order valence-electron chi connectivity index (χ0n) is 11.9. The van der Waals surface area contributed by atoms with Crippen molar-refractivity contribution in [2.75, 3.05) is 13.1 Å². The average Bonchev–Trinajstić information content (AvgIpc) is 2.82. The lowest BCUT2D eigenvalue weighted by molar-refractivity contribution is -0.206. The molecule has 3 nitrogen and oxygen atoms in total. The number of benzene rings is 1. The third kappa shape index (κ3) is 2.19. The zero-order valence-corrected chi connectivity index (χ0v) is 11.9. The van der Waals surface area contributed by atoms with Crippen LogP contribution in [0.2, 0.25) is 0 Å². The van der Waals surface area contributed by atoms with Gasteiger partial charge in [-0.2, -0.15) is 13.2 Å². The summed E-state index contributed by atoms with van der Waals surface area (Å²) in [6, 6.07) is 4.01. The van der Waals surface area contributed by atoms with Crippen LogP contribution >= 0.6 is 0 Å². The van der Waals surface area contributed by atoms with Crippen LogP contribution in [0, 0.1) is 5.82 Å². The van der Waals surface area contributed by atoms with E-state index in [0.717, 1.165) is 0 Å². The molecule has 2 heterocycles. The Balaban J connectivity index is 2.22. The second-order valence-electron chi connectivity index (χ2n) is 5.64. The number of rotatable bonds is 3. The van der Waals surface area contributed by atoms with Crippen molar-refractivity contribution in [2.45, 2.75) is 31.0 Å². The number of fused-ring (bicyclic) bond motifs is 3. The standard InChI is InChI=1S/C15H17F4N3/c16-9-2-3-12-11(8-9)10-4-7-21-14(5-1-6-20,13(10)22-12)15(17,18)19/h2-3,8,21-22H,1,4-7,20H2/t14-/m1/s1. The molecule has 0 aliphatic carbocycles. The van der Waals surface area contributed by atoms with Crippen LogP contribution in [-0.2, 0) is 12.0 Å². The molecule has 0 amide bonds. The number of nitrogens with two attached hydrogens (primary N) is 1. The second kappa shape index (κ2) is 5.24. The van der Waals surface area contributed by atoms with E-state index in [-0.39, 0.29) is 31.6 Å². The Bertz CT molecular complexity index is 692. The smallest absolute Gasteiger partial charge is 0.356 e. The van der Waals surface area contributed by atoms with Crippen molar-refractivity contribution >= 4 is 10.9 Å². The van der Waals surface area contributed by atoms with Gasteiger partial charge in [-0.05, 0) is 49.6 Å². The molecule has 4 N–H and O–H groups in total. The quantitative estimate of drug-likeness (QED) is 0.763. The van der Waals surface area contributed by atoms with Gasteiger partial charge in [-0.1, -0.05) is 0 Å². The predicted octanol–water partition coefficient (Wildman–Crippen LogP) is 2.95. The Morgan fingerprint density at radius 3 is 2.73 bits per heavy atom. The number of H-pyrrole nitrogens is 1. The van der Waals surface area contributed by atoms with Gasteiger partial charge in [0.25, 0.3) is 0 Å². The summed E-state index contributed by atoms with van der Waals surface area (Å²) < 4.78 is 54.9.